The molecule has 1 aliphatic heterocycles. The zero-order valence-corrected chi connectivity index (χ0v) is 23.3. The van der Waals surface area contributed by atoms with Crippen LogP contribution in [-0.2, 0) is 24.2 Å². The fourth-order valence-corrected chi connectivity index (χ4v) is 4.67. The van der Waals surface area contributed by atoms with E-state index in [1.54, 1.807) is 13.2 Å². The molecule has 0 unspecified atom stereocenters. The highest BCUT2D eigenvalue weighted by molar-refractivity contribution is 6.30. The van der Waals surface area contributed by atoms with Crippen molar-refractivity contribution in [1.82, 2.24) is 0 Å². The molecule has 2 aromatic rings. The second-order valence-electron chi connectivity index (χ2n) is 7.88. The number of aliphatic carboxylic acids is 1. The molecule has 0 saturated heterocycles. The quantitative estimate of drug-likeness (QED) is 0.409. The summed E-state index contributed by atoms with van der Waals surface area (Å²) in [5.74, 6) is 1.37. The number of rotatable bonds is 7. The molecule has 35 heavy (non-hydrogen) atoms. The van der Waals surface area contributed by atoms with Crippen LogP contribution in [0.2, 0.25) is 5.02 Å². The highest BCUT2D eigenvalue weighted by atomic mass is 35.5. The fourth-order valence-electron chi connectivity index (χ4n) is 4.40. The molecule has 2 aromatic carbocycles. The third-order valence-electron chi connectivity index (χ3n) is 5.81. The summed E-state index contributed by atoms with van der Waals surface area (Å²) in [6.45, 7) is 12.3. The van der Waals surface area contributed by atoms with Crippen molar-refractivity contribution in [2.75, 3.05) is 7.11 Å². The summed E-state index contributed by atoms with van der Waals surface area (Å²) in [5.41, 5.74) is 2.90. The minimum Gasteiger partial charge on any atom is -0.496 e. The van der Waals surface area contributed by atoms with Crippen LogP contribution in [0, 0.1) is 0 Å². The van der Waals surface area contributed by atoms with E-state index in [0.717, 1.165) is 36.1 Å². The Morgan fingerprint density at radius 3 is 2.29 bits per heavy atom. The molecule has 5 nitrogen and oxygen atoms in total. The van der Waals surface area contributed by atoms with E-state index in [0.29, 0.717) is 29.5 Å². The number of carboxylic acid groups (broad SMARTS) is 1. The molecule has 0 amide bonds. The summed E-state index contributed by atoms with van der Waals surface area (Å²) in [4.78, 5) is 10.8. The Balaban J connectivity index is 0.000000949. The van der Waals surface area contributed by atoms with Gasteiger partial charge < -0.3 is 19.3 Å². The van der Waals surface area contributed by atoms with Crippen molar-refractivity contribution in [2.24, 2.45) is 0 Å². The first kappa shape index (κ1) is 30.6. The zero-order valence-electron chi connectivity index (χ0n) is 22.5. The van der Waals surface area contributed by atoms with E-state index in [4.69, 9.17) is 30.9 Å². The number of carboxylic acids is 1. The second-order valence-corrected chi connectivity index (χ2v) is 8.31. The number of ether oxygens (including phenoxy) is 3. The van der Waals surface area contributed by atoms with Crippen LogP contribution in [-0.4, -0.2) is 23.8 Å². The Kier molecular flexibility index (Phi) is 13.6. The molecule has 0 atom stereocenters. The fraction of sp³-hybridized carbons (Fsp3) is 0.552. The summed E-state index contributed by atoms with van der Waals surface area (Å²) in [6, 6.07) is 9.40. The van der Waals surface area contributed by atoms with Gasteiger partial charge in [-0.3, -0.25) is 4.79 Å². The predicted octanol–water partition coefficient (Wildman–Crippen LogP) is 8.27. The lowest BCUT2D eigenvalue weighted by Gasteiger charge is -2.23. The first-order valence-corrected chi connectivity index (χ1v) is 13.4. The van der Waals surface area contributed by atoms with Gasteiger partial charge in [-0.05, 0) is 55.9 Å². The molecular weight excluding hydrogens is 464 g/mol. The molecule has 0 aromatic heterocycles. The number of fused-ring (bicyclic) bond motifs is 1. The van der Waals surface area contributed by atoms with E-state index in [-0.39, 0.29) is 12.0 Å². The molecule has 1 spiro atoms. The maximum absolute atomic E-state index is 10.8. The van der Waals surface area contributed by atoms with Gasteiger partial charge in [-0.25, -0.2) is 0 Å². The highest BCUT2D eigenvalue weighted by Gasteiger charge is 2.42. The van der Waals surface area contributed by atoms with Gasteiger partial charge in [-0.1, -0.05) is 59.2 Å². The van der Waals surface area contributed by atoms with Crippen molar-refractivity contribution < 1.29 is 24.1 Å². The second kappa shape index (κ2) is 15.6. The molecule has 1 saturated carbocycles. The molecule has 2 aliphatic rings. The average Bonchev–Trinajstić information content (AvgIpc) is 3.50. The normalized spacial score (nSPS) is 14.2. The van der Waals surface area contributed by atoms with E-state index < -0.39 is 5.97 Å². The number of carbonyl (C=O) groups is 1. The van der Waals surface area contributed by atoms with Gasteiger partial charge in [0.25, 0.3) is 0 Å². The van der Waals surface area contributed by atoms with E-state index in [2.05, 4.69) is 0 Å². The van der Waals surface area contributed by atoms with Crippen molar-refractivity contribution in [1.29, 1.82) is 0 Å². The zero-order chi connectivity index (χ0) is 26.4. The van der Waals surface area contributed by atoms with Crippen molar-refractivity contribution in [2.45, 2.75) is 98.7 Å². The number of aryl methyl sites for hydroxylation is 1. The van der Waals surface area contributed by atoms with Gasteiger partial charge in [0.1, 0.15) is 29.5 Å². The summed E-state index contributed by atoms with van der Waals surface area (Å²) in [6.07, 6.45) is 6.00. The predicted molar refractivity (Wildman–Crippen MR) is 144 cm³/mol. The topological polar surface area (TPSA) is 65.0 Å². The summed E-state index contributed by atoms with van der Waals surface area (Å²) in [5, 5.41) is 9.59. The maximum atomic E-state index is 10.8. The van der Waals surface area contributed by atoms with Crippen LogP contribution in [0.15, 0.2) is 30.3 Å². The van der Waals surface area contributed by atoms with Crippen molar-refractivity contribution >= 4 is 17.6 Å². The van der Waals surface area contributed by atoms with E-state index in [1.165, 1.54) is 18.4 Å². The van der Waals surface area contributed by atoms with Gasteiger partial charge in [0.05, 0.1) is 7.11 Å². The summed E-state index contributed by atoms with van der Waals surface area (Å²) < 4.78 is 17.8. The van der Waals surface area contributed by atoms with E-state index in [9.17, 15) is 4.79 Å². The van der Waals surface area contributed by atoms with Gasteiger partial charge >= 0.3 is 5.97 Å². The number of halogens is 1. The van der Waals surface area contributed by atoms with Gasteiger partial charge in [0, 0.05) is 35.1 Å². The average molecular weight is 507 g/mol. The first-order chi connectivity index (χ1) is 17.0. The molecule has 1 heterocycles. The molecular formula is C29H43ClO5. The van der Waals surface area contributed by atoms with Crippen LogP contribution in [0.3, 0.4) is 0 Å². The van der Waals surface area contributed by atoms with Gasteiger partial charge in [-0.2, -0.15) is 0 Å². The smallest absolute Gasteiger partial charge is 0.303 e. The first-order valence-electron chi connectivity index (χ1n) is 13.0. The minimum absolute atomic E-state index is 0.0588. The third kappa shape index (κ3) is 8.34. The molecule has 196 valence electrons. The number of hydrogen-bond donors (Lipinski definition) is 1. The molecule has 1 fully saturated rings. The lowest BCUT2D eigenvalue weighted by atomic mass is 9.95. The Morgan fingerprint density at radius 1 is 1.03 bits per heavy atom. The number of methoxy groups -OCH3 is 1. The maximum Gasteiger partial charge on any atom is 0.303 e. The Morgan fingerprint density at radius 2 is 1.69 bits per heavy atom. The van der Waals surface area contributed by atoms with Crippen LogP contribution >= 0.6 is 11.6 Å². The number of hydrogen-bond acceptors (Lipinski definition) is 4. The number of benzene rings is 2. The van der Waals surface area contributed by atoms with Crippen LogP contribution in [0.25, 0.3) is 0 Å². The Hall–Kier alpha value is -2.40. The van der Waals surface area contributed by atoms with Crippen molar-refractivity contribution in [3.05, 3.63) is 52.0 Å². The van der Waals surface area contributed by atoms with Gasteiger partial charge in [-0.15, -0.1) is 0 Å². The van der Waals surface area contributed by atoms with Gasteiger partial charge in [0.15, 0.2) is 0 Å². The monoisotopic (exact) mass is 506 g/mol. The summed E-state index contributed by atoms with van der Waals surface area (Å²) in [7, 11) is 1.57. The SMILES string of the molecule is CC.CC.CC.COc1cc(OCc2cc(Cl)cc3c2OC2(CCCC2)C3)ccc1CCC(=O)O. The largest absolute Gasteiger partial charge is 0.496 e. The van der Waals surface area contributed by atoms with E-state index in [1.807, 2.05) is 65.8 Å². The Labute approximate surface area is 216 Å². The molecule has 6 heteroatoms. The van der Waals surface area contributed by atoms with Crippen molar-refractivity contribution in [3.63, 3.8) is 0 Å². The Bertz CT molecular complexity index is 920. The van der Waals surface area contributed by atoms with Crippen LogP contribution < -0.4 is 14.2 Å². The highest BCUT2D eigenvalue weighted by Crippen LogP contribution is 2.47. The van der Waals surface area contributed by atoms with Gasteiger partial charge in [0.2, 0.25) is 0 Å². The minimum atomic E-state index is -0.831. The lowest BCUT2D eigenvalue weighted by Crippen LogP contribution is -2.30. The molecule has 4 rings (SSSR count). The lowest BCUT2D eigenvalue weighted by molar-refractivity contribution is -0.136. The molecule has 0 bridgehead atoms. The molecule has 0 radical (unpaired) electrons. The van der Waals surface area contributed by atoms with E-state index >= 15 is 0 Å². The molecule has 1 N–H and O–H groups in total. The standard InChI is InChI=1S/C23H25ClO5.3C2H6/c1-27-20-12-19(6-4-15(20)5-7-21(25)26)28-14-17-11-18(24)10-16-13-23(29-22(16)17)8-2-3-9-23;3*1-2/h4,6,10-12H,2-3,5,7-9,13-14H2,1H3,(H,25,26);3*1-2H3. The third-order valence-corrected chi connectivity index (χ3v) is 6.03. The van der Waals surface area contributed by atoms with Crippen LogP contribution in [0.5, 0.6) is 17.2 Å². The summed E-state index contributed by atoms with van der Waals surface area (Å²) >= 11 is 6.36. The molecule has 1 aliphatic carbocycles. The van der Waals surface area contributed by atoms with Crippen LogP contribution in [0.4, 0.5) is 0 Å². The van der Waals surface area contributed by atoms with Crippen molar-refractivity contribution in [3.8, 4) is 17.2 Å². The van der Waals surface area contributed by atoms with Crippen LogP contribution in [0.1, 0.15) is 90.3 Å².